The Balaban J connectivity index is 1.87. The van der Waals surface area contributed by atoms with Crippen molar-refractivity contribution in [2.24, 2.45) is 0 Å². The van der Waals surface area contributed by atoms with Gasteiger partial charge in [-0.05, 0) is 38.1 Å². The lowest BCUT2D eigenvalue weighted by atomic mass is 10.1. The van der Waals surface area contributed by atoms with Gasteiger partial charge in [-0.1, -0.05) is 0 Å². The molecular weight excluding hydrogens is 342 g/mol. The number of methoxy groups -OCH3 is 1. The van der Waals surface area contributed by atoms with Gasteiger partial charge in [-0.3, -0.25) is 4.79 Å². The van der Waals surface area contributed by atoms with Crippen molar-refractivity contribution >= 4 is 29.1 Å². The zero-order valence-electron chi connectivity index (χ0n) is 14.3. The van der Waals surface area contributed by atoms with Crippen LogP contribution in [0, 0.1) is 13.8 Å². The molecule has 2 aromatic heterocycles. The van der Waals surface area contributed by atoms with Crippen LogP contribution < -0.4 is 0 Å². The number of thiophene rings is 1. The average molecular weight is 361 g/mol. The molecule has 0 radical (unpaired) electrons. The molecule has 7 heteroatoms. The molecule has 0 saturated heterocycles. The Bertz CT molecular complexity index is 830. The molecule has 0 aliphatic heterocycles. The van der Waals surface area contributed by atoms with Crippen molar-refractivity contribution < 1.29 is 23.9 Å². The Hall–Kier alpha value is -2.41. The molecule has 1 aliphatic rings. The van der Waals surface area contributed by atoms with Gasteiger partial charge >= 0.3 is 11.9 Å². The largest absolute Gasteiger partial charge is 0.465 e. The Morgan fingerprint density at radius 3 is 2.40 bits per heavy atom. The van der Waals surface area contributed by atoms with Crippen LogP contribution in [0.5, 0.6) is 0 Å². The highest BCUT2D eigenvalue weighted by atomic mass is 32.1. The molecule has 132 valence electrons. The number of ether oxygens (including phenoxy) is 2. The van der Waals surface area contributed by atoms with Crippen molar-refractivity contribution in [3.05, 3.63) is 44.9 Å². The molecule has 0 spiro atoms. The van der Waals surface area contributed by atoms with Crippen LogP contribution in [0.3, 0.4) is 0 Å². The first-order chi connectivity index (χ1) is 12.0. The molecule has 6 nitrogen and oxygen atoms in total. The van der Waals surface area contributed by atoms with E-state index in [-0.39, 0.29) is 11.1 Å². The molecule has 0 N–H and O–H groups in total. The van der Waals surface area contributed by atoms with E-state index in [1.807, 2.05) is 18.4 Å². The SMILES string of the molecule is COC(=O)c1c(C(=O)COC(=O)c2ccsc2)c(C)n(C2CC2)c1C. The number of aromatic nitrogens is 1. The molecule has 0 atom stereocenters. The molecule has 0 amide bonds. The van der Waals surface area contributed by atoms with Crippen LogP contribution in [0.2, 0.25) is 0 Å². The fourth-order valence-corrected chi connectivity index (χ4v) is 3.72. The van der Waals surface area contributed by atoms with Gasteiger partial charge in [0.1, 0.15) is 0 Å². The van der Waals surface area contributed by atoms with Crippen LogP contribution in [-0.2, 0) is 9.47 Å². The van der Waals surface area contributed by atoms with Crippen LogP contribution in [0.1, 0.15) is 61.3 Å². The Morgan fingerprint density at radius 2 is 1.84 bits per heavy atom. The molecule has 0 aromatic carbocycles. The molecule has 3 rings (SSSR count). The summed E-state index contributed by atoms with van der Waals surface area (Å²) in [4.78, 5) is 36.8. The van der Waals surface area contributed by atoms with Gasteiger partial charge in [-0.2, -0.15) is 11.3 Å². The zero-order chi connectivity index (χ0) is 18.1. The summed E-state index contributed by atoms with van der Waals surface area (Å²) in [5, 5.41) is 3.42. The number of hydrogen-bond donors (Lipinski definition) is 0. The fraction of sp³-hybridized carbons (Fsp3) is 0.389. The number of hydrogen-bond acceptors (Lipinski definition) is 6. The van der Waals surface area contributed by atoms with Gasteiger partial charge in [0.15, 0.2) is 6.61 Å². The van der Waals surface area contributed by atoms with Crippen molar-refractivity contribution in [1.29, 1.82) is 0 Å². The quantitative estimate of drug-likeness (QED) is 0.583. The lowest BCUT2D eigenvalue weighted by Crippen LogP contribution is -2.17. The Morgan fingerprint density at radius 1 is 1.16 bits per heavy atom. The van der Waals surface area contributed by atoms with Crippen molar-refractivity contribution in [3.63, 3.8) is 0 Å². The van der Waals surface area contributed by atoms with Crippen molar-refractivity contribution in [2.75, 3.05) is 13.7 Å². The van der Waals surface area contributed by atoms with Crippen molar-refractivity contribution in [3.8, 4) is 0 Å². The van der Waals surface area contributed by atoms with Gasteiger partial charge in [-0.25, -0.2) is 9.59 Å². The lowest BCUT2D eigenvalue weighted by molar-refractivity contribution is 0.0474. The van der Waals surface area contributed by atoms with Gasteiger partial charge in [0.25, 0.3) is 0 Å². The Labute approximate surface area is 149 Å². The molecule has 2 heterocycles. The number of carbonyl (C=O) groups is 3. The summed E-state index contributed by atoms with van der Waals surface area (Å²) in [6.07, 6.45) is 2.05. The first kappa shape index (κ1) is 17.4. The van der Waals surface area contributed by atoms with E-state index in [9.17, 15) is 14.4 Å². The summed E-state index contributed by atoms with van der Waals surface area (Å²) >= 11 is 1.38. The van der Waals surface area contributed by atoms with E-state index < -0.39 is 24.3 Å². The summed E-state index contributed by atoms with van der Waals surface area (Å²) < 4.78 is 12.0. The highest BCUT2D eigenvalue weighted by molar-refractivity contribution is 7.08. The van der Waals surface area contributed by atoms with Gasteiger partial charge in [0.2, 0.25) is 5.78 Å². The fourth-order valence-electron chi connectivity index (χ4n) is 3.09. The third-order valence-corrected chi connectivity index (χ3v) is 5.05. The van der Waals surface area contributed by atoms with E-state index in [4.69, 9.17) is 9.47 Å². The molecule has 1 fully saturated rings. The van der Waals surface area contributed by atoms with E-state index >= 15 is 0 Å². The van der Waals surface area contributed by atoms with Crippen molar-refractivity contribution in [2.45, 2.75) is 32.7 Å². The van der Waals surface area contributed by atoms with Crippen molar-refractivity contribution in [1.82, 2.24) is 4.57 Å². The topological polar surface area (TPSA) is 74.6 Å². The van der Waals surface area contributed by atoms with Gasteiger partial charge in [0, 0.05) is 22.8 Å². The maximum absolute atomic E-state index is 12.7. The van der Waals surface area contributed by atoms with Crippen LogP contribution in [0.25, 0.3) is 0 Å². The predicted molar refractivity (Wildman–Crippen MR) is 92.4 cm³/mol. The monoisotopic (exact) mass is 361 g/mol. The number of rotatable bonds is 6. The smallest absolute Gasteiger partial charge is 0.340 e. The van der Waals surface area contributed by atoms with Crippen LogP contribution in [0.4, 0.5) is 0 Å². The third kappa shape index (κ3) is 3.24. The van der Waals surface area contributed by atoms with E-state index in [0.717, 1.165) is 24.2 Å². The normalized spacial score (nSPS) is 13.6. The molecule has 0 bridgehead atoms. The summed E-state index contributed by atoms with van der Waals surface area (Å²) in [6, 6.07) is 1.95. The Kier molecular flexibility index (Phi) is 4.76. The number of nitrogens with zero attached hydrogens (tertiary/aromatic N) is 1. The van der Waals surface area contributed by atoms with Crippen LogP contribution in [-0.4, -0.2) is 36.0 Å². The summed E-state index contributed by atoms with van der Waals surface area (Å²) in [5.41, 5.74) is 2.41. The zero-order valence-corrected chi connectivity index (χ0v) is 15.1. The van der Waals surface area contributed by atoms with Crippen LogP contribution in [0.15, 0.2) is 16.8 Å². The molecule has 0 unspecified atom stereocenters. The second-order valence-electron chi connectivity index (χ2n) is 6.02. The number of esters is 2. The third-order valence-electron chi connectivity index (χ3n) is 4.37. The summed E-state index contributed by atoms with van der Waals surface area (Å²) in [5.74, 6) is -1.50. The van der Waals surface area contributed by atoms with Gasteiger partial charge < -0.3 is 14.0 Å². The van der Waals surface area contributed by atoms with E-state index in [0.29, 0.717) is 11.6 Å². The minimum Gasteiger partial charge on any atom is -0.465 e. The molecule has 1 saturated carbocycles. The highest BCUT2D eigenvalue weighted by Gasteiger charge is 2.34. The molecule has 2 aromatic rings. The average Bonchev–Trinajstić information content (AvgIpc) is 3.19. The molecular formula is C18H19NO5S. The second kappa shape index (κ2) is 6.84. The maximum Gasteiger partial charge on any atom is 0.340 e. The lowest BCUT2D eigenvalue weighted by Gasteiger charge is -2.07. The summed E-state index contributed by atoms with van der Waals surface area (Å²) in [7, 11) is 1.29. The van der Waals surface area contributed by atoms with Gasteiger partial charge in [-0.15, -0.1) is 0 Å². The molecule has 25 heavy (non-hydrogen) atoms. The number of Topliss-reactive ketones (excluding diaryl/α,β-unsaturated/α-hetero) is 1. The first-order valence-corrected chi connectivity index (χ1v) is 8.92. The first-order valence-electron chi connectivity index (χ1n) is 7.98. The second-order valence-corrected chi connectivity index (χ2v) is 6.80. The standard InChI is InChI=1S/C18H19NO5S/c1-10-15(14(20)8-24-17(21)12-6-7-25-9-12)16(18(22)23-3)11(2)19(10)13-4-5-13/h6-7,9,13H,4-5,8H2,1-3H3. The predicted octanol–water partition coefficient (Wildman–Crippen LogP) is 3.33. The van der Waals surface area contributed by atoms with E-state index in [1.54, 1.807) is 16.8 Å². The molecule has 1 aliphatic carbocycles. The van der Waals surface area contributed by atoms with Gasteiger partial charge in [0.05, 0.1) is 23.8 Å². The summed E-state index contributed by atoms with van der Waals surface area (Å²) in [6.45, 7) is 3.21. The minimum absolute atomic E-state index is 0.267. The highest BCUT2D eigenvalue weighted by Crippen LogP contribution is 2.40. The minimum atomic E-state index is -0.551. The number of ketones is 1. The van der Waals surface area contributed by atoms with E-state index in [1.165, 1.54) is 18.4 Å². The van der Waals surface area contributed by atoms with Crippen LogP contribution >= 0.6 is 11.3 Å². The number of carbonyl (C=O) groups excluding carboxylic acids is 3. The van der Waals surface area contributed by atoms with E-state index in [2.05, 4.69) is 0 Å². The maximum atomic E-state index is 12.7.